The van der Waals surface area contributed by atoms with Gasteiger partial charge >= 0.3 is 0 Å². The number of methoxy groups -OCH3 is 1. The van der Waals surface area contributed by atoms with Crippen molar-refractivity contribution in [1.82, 2.24) is 5.32 Å². The molecule has 4 heteroatoms. The molecule has 0 spiro atoms. The monoisotopic (exact) mass is 411 g/mol. The molecule has 1 N–H and O–H groups in total. The summed E-state index contributed by atoms with van der Waals surface area (Å²) >= 11 is 7.15. The zero-order chi connectivity index (χ0) is 15.4. The quantitative estimate of drug-likeness (QED) is 0.743. The zero-order valence-corrected chi connectivity index (χ0v) is 15.6. The van der Waals surface area contributed by atoms with Crippen LogP contribution in [0, 0.1) is 6.92 Å². The minimum atomic E-state index is 0.225. The van der Waals surface area contributed by atoms with E-state index in [1.807, 2.05) is 13.1 Å². The highest BCUT2D eigenvalue weighted by Gasteiger charge is 2.16. The number of ether oxygens (including phenoxy) is 1. The predicted octanol–water partition coefficient (Wildman–Crippen LogP) is 5.03. The number of hydrogen-bond acceptors (Lipinski definition) is 2. The summed E-state index contributed by atoms with van der Waals surface area (Å²) in [7, 11) is 3.71. The highest BCUT2D eigenvalue weighted by atomic mass is 79.9. The number of halogens is 2. The molecule has 0 heterocycles. The average molecular weight is 413 g/mol. The topological polar surface area (TPSA) is 21.3 Å². The van der Waals surface area contributed by atoms with Gasteiger partial charge < -0.3 is 10.1 Å². The molecule has 21 heavy (non-hydrogen) atoms. The van der Waals surface area contributed by atoms with Crippen molar-refractivity contribution in [3.8, 4) is 5.75 Å². The van der Waals surface area contributed by atoms with Crippen molar-refractivity contribution in [3.05, 3.63) is 62.0 Å². The molecule has 0 bridgehead atoms. The van der Waals surface area contributed by atoms with E-state index in [0.717, 1.165) is 21.1 Å². The fourth-order valence-electron chi connectivity index (χ4n) is 2.44. The van der Waals surface area contributed by atoms with Crippen LogP contribution in [0.3, 0.4) is 0 Å². The van der Waals surface area contributed by atoms with Gasteiger partial charge in [0.1, 0.15) is 5.75 Å². The molecule has 0 aliphatic carbocycles. The summed E-state index contributed by atoms with van der Waals surface area (Å²) in [6.45, 7) is 2.10. The Morgan fingerprint density at radius 2 is 1.90 bits per heavy atom. The summed E-state index contributed by atoms with van der Waals surface area (Å²) in [6.07, 6.45) is 0.877. The van der Waals surface area contributed by atoms with Crippen molar-refractivity contribution in [2.45, 2.75) is 19.4 Å². The predicted molar refractivity (Wildman–Crippen MR) is 95.1 cm³/mol. The van der Waals surface area contributed by atoms with Crippen molar-refractivity contribution in [1.29, 1.82) is 0 Å². The lowest BCUT2D eigenvalue weighted by atomic mass is 9.97. The lowest BCUT2D eigenvalue weighted by Crippen LogP contribution is -2.19. The summed E-state index contributed by atoms with van der Waals surface area (Å²) in [5.41, 5.74) is 3.70. The molecule has 1 unspecified atom stereocenters. The molecule has 2 nitrogen and oxygen atoms in total. The molecular formula is C17H19Br2NO. The fourth-order valence-corrected chi connectivity index (χ4v) is 3.76. The second kappa shape index (κ2) is 7.43. The number of aryl methyl sites for hydroxylation is 1. The molecule has 0 saturated carbocycles. The minimum Gasteiger partial charge on any atom is -0.496 e. The third kappa shape index (κ3) is 4.09. The van der Waals surface area contributed by atoms with E-state index < -0.39 is 0 Å². The van der Waals surface area contributed by atoms with Crippen molar-refractivity contribution in [2.24, 2.45) is 0 Å². The number of hydrogen-bond donors (Lipinski definition) is 1. The van der Waals surface area contributed by atoms with Gasteiger partial charge in [-0.15, -0.1) is 0 Å². The van der Waals surface area contributed by atoms with Crippen LogP contribution in [0.25, 0.3) is 0 Å². The SMILES string of the molecule is CNC(Cc1cc(C)ccc1OC)c1ccc(Br)cc1Br. The third-order valence-electron chi connectivity index (χ3n) is 3.55. The molecule has 0 aromatic heterocycles. The number of rotatable bonds is 5. The second-order valence-electron chi connectivity index (χ2n) is 5.03. The van der Waals surface area contributed by atoms with Gasteiger partial charge in [0.05, 0.1) is 7.11 Å². The lowest BCUT2D eigenvalue weighted by molar-refractivity contribution is 0.406. The molecule has 0 fully saturated rings. The van der Waals surface area contributed by atoms with Crippen LogP contribution in [0.5, 0.6) is 5.75 Å². The van der Waals surface area contributed by atoms with Crippen LogP contribution in [-0.2, 0) is 6.42 Å². The standard InChI is InChI=1S/C17H19Br2NO/c1-11-4-7-17(21-3)12(8-11)9-16(20-2)14-6-5-13(18)10-15(14)19/h4-8,10,16,20H,9H2,1-3H3. The molecule has 0 radical (unpaired) electrons. The van der Waals surface area contributed by atoms with Crippen LogP contribution in [-0.4, -0.2) is 14.2 Å². The Hall–Kier alpha value is -0.840. The fraction of sp³-hybridized carbons (Fsp3) is 0.294. The molecule has 1 atom stereocenters. The van der Waals surface area contributed by atoms with Gasteiger partial charge in [-0.25, -0.2) is 0 Å². The first-order valence-electron chi connectivity index (χ1n) is 6.81. The maximum absolute atomic E-state index is 5.48. The second-order valence-corrected chi connectivity index (χ2v) is 6.80. The van der Waals surface area contributed by atoms with Crippen LogP contribution >= 0.6 is 31.9 Å². The van der Waals surface area contributed by atoms with Gasteiger partial charge in [-0.2, -0.15) is 0 Å². The van der Waals surface area contributed by atoms with Crippen molar-refractivity contribution < 1.29 is 4.74 Å². The largest absolute Gasteiger partial charge is 0.496 e. The van der Waals surface area contributed by atoms with E-state index in [1.165, 1.54) is 16.7 Å². The molecular weight excluding hydrogens is 394 g/mol. The summed E-state index contributed by atoms with van der Waals surface area (Å²) in [5.74, 6) is 0.939. The van der Waals surface area contributed by atoms with Crippen LogP contribution in [0.15, 0.2) is 45.3 Å². The van der Waals surface area contributed by atoms with E-state index in [4.69, 9.17) is 4.74 Å². The Morgan fingerprint density at radius 1 is 1.14 bits per heavy atom. The number of nitrogens with one attached hydrogen (secondary N) is 1. The zero-order valence-electron chi connectivity index (χ0n) is 12.4. The molecule has 0 aliphatic rings. The van der Waals surface area contributed by atoms with Gasteiger partial charge in [-0.05, 0) is 49.7 Å². The molecule has 2 aromatic carbocycles. The van der Waals surface area contributed by atoms with Crippen molar-refractivity contribution in [2.75, 3.05) is 14.2 Å². The van der Waals surface area contributed by atoms with Crippen molar-refractivity contribution in [3.63, 3.8) is 0 Å². The van der Waals surface area contributed by atoms with Crippen LogP contribution in [0.4, 0.5) is 0 Å². The van der Waals surface area contributed by atoms with E-state index in [9.17, 15) is 0 Å². The molecule has 2 rings (SSSR count). The van der Waals surface area contributed by atoms with Crippen LogP contribution < -0.4 is 10.1 Å². The van der Waals surface area contributed by atoms with Gasteiger partial charge in [0.15, 0.2) is 0 Å². The average Bonchev–Trinajstić information content (AvgIpc) is 2.45. The van der Waals surface area contributed by atoms with Gasteiger partial charge in [0.2, 0.25) is 0 Å². The minimum absolute atomic E-state index is 0.225. The first-order chi connectivity index (χ1) is 10.0. The number of likely N-dealkylation sites (N-methyl/N-ethyl adjacent to an activating group) is 1. The first-order valence-corrected chi connectivity index (χ1v) is 8.39. The van der Waals surface area contributed by atoms with E-state index >= 15 is 0 Å². The maximum Gasteiger partial charge on any atom is 0.122 e. The molecule has 112 valence electrons. The van der Waals surface area contributed by atoms with Crippen LogP contribution in [0.1, 0.15) is 22.7 Å². The normalized spacial score (nSPS) is 12.2. The first kappa shape index (κ1) is 16.5. The van der Waals surface area contributed by atoms with E-state index in [0.29, 0.717) is 0 Å². The van der Waals surface area contributed by atoms with Gasteiger partial charge in [-0.1, -0.05) is 55.6 Å². The summed E-state index contributed by atoms with van der Waals surface area (Å²) in [4.78, 5) is 0. The van der Waals surface area contributed by atoms with Gasteiger partial charge in [0.25, 0.3) is 0 Å². The molecule has 0 aliphatic heterocycles. The van der Waals surface area contributed by atoms with Crippen LogP contribution in [0.2, 0.25) is 0 Å². The third-order valence-corrected chi connectivity index (χ3v) is 4.73. The lowest BCUT2D eigenvalue weighted by Gasteiger charge is -2.20. The highest BCUT2D eigenvalue weighted by Crippen LogP contribution is 2.31. The maximum atomic E-state index is 5.48. The molecule has 0 amide bonds. The Kier molecular flexibility index (Phi) is 5.85. The number of benzene rings is 2. The Bertz CT molecular complexity index is 628. The Balaban J connectivity index is 2.33. The molecule has 0 saturated heterocycles. The summed E-state index contributed by atoms with van der Waals surface area (Å²) in [5, 5.41) is 3.40. The smallest absolute Gasteiger partial charge is 0.122 e. The summed E-state index contributed by atoms with van der Waals surface area (Å²) < 4.78 is 7.65. The van der Waals surface area contributed by atoms with E-state index in [2.05, 4.69) is 74.4 Å². The molecule has 2 aromatic rings. The summed E-state index contributed by atoms with van der Waals surface area (Å²) in [6, 6.07) is 12.8. The van der Waals surface area contributed by atoms with Gasteiger partial charge in [0, 0.05) is 15.0 Å². The van der Waals surface area contributed by atoms with Crippen molar-refractivity contribution >= 4 is 31.9 Å². The Morgan fingerprint density at radius 3 is 2.52 bits per heavy atom. The van der Waals surface area contributed by atoms with E-state index in [1.54, 1.807) is 7.11 Å². The Labute approximate surface area is 143 Å². The van der Waals surface area contributed by atoms with E-state index in [-0.39, 0.29) is 6.04 Å². The van der Waals surface area contributed by atoms with Gasteiger partial charge in [-0.3, -0.25) is 0 Å². The highest BCUT2D eigenvalue weighted by molar-refractivity contribution is 9.11.